The zero-order chi connectivity index (χ0) is 10.4. The monoisotopic (exact) mass is 206 g/mol. The SMILES string of the molecule is OC(F)C(F)C(F)C(F)CCCF. The van der Waals surface area contributed by atoms with E-state index in [1.54, 1.807) is 0 Å². The highest BCUT2D eigenvalue weighted by atomic mass is 19.2. The zero-order valence-corrected chi connectivity index (χ0v) is 6.77. The third-order valence-electron chi connectivity index (χ3n) is 1.53. The van der Waals surface area contributed by atoms with Gasteiger partial charge < -0.3 is 5.11 Å². The maximum atomic E-state index is 12.5. The van der Waals surface area contributed by atoms with Crippen molar-refractivity contribution in [2.24, 2.45) is 0 Å². The normalized spacial score (nSPS) is 20.8. The molecule has 0 saturated heterocycles. The molecule has 0 aliphatic carbocycles. The fourth-order valence-electron chi connectivity index (χ4n) is 0.783. The lowest BCUT2D eigenvalue weighted by atomic mass is 10.1. The fraction of sp³-hybridized carbons (Fsp3) is 1.00. The summed E-state index contributed by atoms with van der Waals surface area (Å²) < 4.78 is 60.5. The lowest BCUT2D eigenvalue weighted by Crippen LogP contribution is -2.34. The van der Waals surface area contributed by atoms with E-state index in [9.17, 15) is 22.0 Å². The number of alkyl halides is 5. The first-order valence-electron chi connectivity index (χ1n) is 3.81. The molecule has 0 aliphatic rings. The summed E-state index contributed by atoms with van der Waals surface area (Å²) >= 11 is 0. The van der Waals surface area contributed by atoms with E-state index < -0.39 is 38.0 Å². The number of halogens is 5. The van der Waals surface area contributed by atoms with Crippen molar-refractivity contribution in [3.63, 3.8) is 0 Å². The van der Waals surface area contributed by atoms with Crippen molar-refractivity contribution in [2.75, 3.05) is 6.67 Å². The largest absolute Gasteiger partial charge is 0.362 e. The Morgan fingerprint density at radius 1 is 1.00 bits per heavy atom. The van der Waals surface area contributed by atoms with Crippen molar-refractivity contribution in [1.82, 2.24) is 0 Å². The highest BCUT2D eigenvalue weighted by Crippen LogP contribution is 2.19. The van der Waals surface area contributed by atoms with Crippen molar-refractivity contribution in [3.8, 4) is 0 Å². The van der Waals surface area contributed by atoms with Crippen LogP contribution in [0.5, 0.6) is 0 Å². The molecule has 6 heteroatoms. The van der Waals surface area contributed by atoms with Gasteiger partial charge in [-0.25, -0.2) is 17.6 Å². The van der Waals surface area contributed by atoms with Crippen LogP contribution in [0.3, 0.4) is 0 Å². The van der Waals surface area contributed by atoms with Crippen LogP contribution in [0.2, 0.25) is 0 Å². The Hall–Kier alpha value is -0.390. The third kappa shape index (κ3) is 4.40. The predicted octanol–water partition coefficient (Wildman–Crippen LogP) is 2.04. The highest BCUT2D eigenvalue weighted by molar-refractivity contribution is 4.77. The number of hydrogen-bond donors (Lipinski definition) is 1. The number of aliphatic hydroxyl groups excluding tert-OH is 1. The van der Waals surface area contributed by atoms with E-state index in [0.29, 0.717) is 0 Å². The van der Waals surface area contributed by atoms with Gasteiger partial charge in [0.25, 0.3) is 0 Å². The standard InChI is InChI=1S/C7H11F5O/c8-3-1-2-4(9)5(10)6(11)7(12)13/h4-7,13H,1-3H2. The Bertz CT molecular complexity index is 132. The summed E-state index contributed by atoms with van der Waals surface area (Å²) in [6.07, 6.45) is -11.8. The minimum absolute atomic E-state index is 0.253. The Labute approximate surface area is 72.6 Å². The molecule has 13 heavy (non-hydrogen) atoms. The molecule has 4 atom stereocenters. The first-order valence-corrected chi connectivity index (χ1v) is 3.81. The molecule has 0 aromatic rings. The molecule has 0 aliphatic heterocycles. The van der Waals surface area contributed by atoms with E-state index in [1.807, 2.05) is 0 Å². The second kappa shape index (κ2) is 6.12. The van der Waals surface area contributed by atoms with Crippen molar-refractivity contribution >= 4 is 0 Å². The van der Waals surface area contributed by atoms with E-state index in [-0.39, 0.29) is 6.42 Å². The summed E-state index contributed by atoms with van der Waals surface area (Å²) in [5.74, 6) is 0. The predicted molar refractivity (Wildman–Crippen MR) is 37.0 cm³/mol. The van der Waals surface area contributed by atoms with Crippen LogP contribution >= 0.6 is 0 Å². The summed E-state index contributed by atoms with van der Waals surface area (Å²) in [5.41, 5.74) is 0. The average molecular weight is 206 g/mol. The molecule has 0 rings (SSSR count). The van der Waals surface area contributed by atoms with Crippen LogP contribution in [0.4, 0.5) is 22.0 Å². The third-order valence-corrected chi connectivity index (χ3v) is 1.53. The van der Waals surface area contributed by atoms with Crippen LogP contribution in [0.1, 0.15) is 12.8 Å². The summed E-state index contributed by atoms with van der Waals surface area (Å²) in [5, 5.41) is 7.94. The van der Waals surface area contributed by atoms with Gasteiger partial charge in [-0.3, -0.25) is 4.39 Å². The van der Waals surface area contributed by atoms with E-state index in [1.165, 1.54) is 0 Å². The first-order chi connectivity index (χ1) is 6.00. The molecule has 0 fully saturated rings. The Morgan fingerprint density at radius 2 is 1.54 bits per heavy atom. The van der Waals surface area contributed by atoms with Gasteiger partial charge in [0.2, 0.25) is 6.36 Å². The summed E-state index contributed by atoms with van der Waals surface area (Å²) in [6, 6.07) is 0. The minimum atomic E-state index is -3.04. The van der Waals surface area contributed by atoms with Gasteiger partial charge in [-0.15, -0.1) is 0 Å². The highest BCUT2D eigenvalue weighted by Gasteiger charge is 2.34. The van der Waals surface area contributed by atoms with Crippen LogP contribution in [0.25, 0.3) is 0 Å². The van der Waals surface area contributed by atoms with Crippen molar-refractivity contribution in [3.05, 3.63) is 0 Å². The second-order valence-electron chi connectivity index (χ2n) is 2.61. The summed E-state index contributed by atoms with van der Waals surface area (Å²) in [6.45, 7) is -0.845. The summed E-state index contributed by atoms with van der Waals surface area (Å²) in [4.78, 5) is 0. The Morgan fingerprint density at radius 3 is 1.92 bits per heavy atom. The van der Waals surface area contributed by atoms with E-state index in [0.717, 1.165) is 0 Å². The van der Waals surface area contributed by atoms with Crippen molar-refractivity contribution in [1.29, 1.82) is 0 Å². The Kier molecular flexibility index (Phi) is 5.94. The van der Waals surface area contributed by atoms with Gasteiger partial charge in [-0.2, -0.15) is 0 Å². The molecular weight excluding hydrogens is 195 g/mol. The summed E-state index contributed by atoms with van der Waals surface area (Å²) in [7, 11) is 0. The van der Waals surface area contributed by atoms with Crippen molar-refractivity contribution < 1.29 is 27.1 Å². The van der Waals surface area contributed by atoms with Crippen LogP contribution in [-0.4, -0.2) is 36.7 Å². The molecule has 0 spiro atoms. The fourth-order valence-corrected chi connectivity index (χ4v) is 0.783. The van der Waals surface area contributed by atoms with Gasteiger partial charge in [-0.1, -0.05) is 0 Å². The molecule has 0 aromatic carbocycles. The molecule has 4 unspecified atom stereocenters. The molecule has 0 radical (unpaired) electrons. The van der Waals surface area contributed by atoms with Crippen LogP contribution in [0, 0.1) is 0 Å². The van der Waals surface area contributed by atoms with Gasteiger partial charge in [0.15, 0.2) is 12.3 Å². The quantitative estimate of drug-likeness (QED) is 0.659. The van der Waals surface area contributed by atoms with Gasteiger partial charge in [0.1, 0.15) is 6.17 Å². The van der Waals surface area contributed by atoms with Gasteiger partial charge in [0.05, 0.1) is 6.67 Å². The molecule has 0 saturated carbocycles. The van der Waals surface area contributed by atoms with Gasteiger partial charge in [0, 0.05) is 0 Å². The molecular formula is C7H11F5O. The molecule has 0 heterocycles. The van der Waals surface area contributed by atoms with Crippen molar-refractivity contribution in [2.45, 2.75) is 37.7 Å². The zero-order valence-electron chi connectivity index (χ0n) is 6.77. The maximum Gasteiger partial charge on any atom is 0.231 e. The minimum Gasteiger partial charge on any atom is -0.362 e. The smallest absolute Gasteiger partial charge is 0.231 e. The van der Waals surface area contributed by atoms with Crippen LogP contribution in [-0.2, 0) is 0 Å². The topological polar surface area (TPSA) is 20.2 Å². The maximum absolute atomic E-state index is 12.5. The second-order valence-corrected chi connectivity index (χ2v) is 2.61. The number of rotatable bonds is 6. The van der Waals surface area contributed by atoms with Gasteiger partial charge >= 0.3 is 0 Å². The van der Waals surface area contributed by atoms with E-state index in [2.05, 4.69) is 0 Å². The molecule has 1 N–H and O–H groups in total. The Balaban J connectivity index is 3.86. The first kappa shape index (κ1) is 12.6. The number of aliphatic hydroxyl groups is 1. The molecule has 0 aromatic heterocycles. The molecule has 0 bridgehead atoms. The van der Waals surface area contributed by atoms with Gasteiger partial charge in [-0.05, 0) is 12.8 Å². The number of hydrogen-bond acceptors (Lipinski definition) is 1. The van der Waals surface area contributed by atoms with Crippen LogP contribution < -0.4 is 0 Å². The van der Waals surface area contributed by atoms with E-state index >= 15 is 0 Å². The lowest BCUT2D eigenvalue weighted by Gasteiger charge is -2.17. The average Bonchev–Trinajstić information content (AvgIpc) is 2.11. The molecule has 0 amide bonds. The van der Waals surface area contributed by atoms with Crippen LogP contribution in [0.15, 0.2) is 0 Å². The van der Waals surface area contributed by atoms with E-state index in [4.69, 9.17) is 5.11 Å². The molecule has 1 nitrogen and oxygen atoms in total. The lowest BCUT2D eigenvalue weighted by molar-refractivity contribution is -0.0734. The molecule has 80 valence electrons.